The van der Waals surface area contributed by atoms with Gasteiger partial charge in [-0.1, -0.05) is 11.6 Å². The van der Waals surface area contributed by atoms with Crippen LogP contribution in [0.3, 0.4) is 0 Å². The highest BCUT2D eigenvalue weighted by atomic mass is 35.5. The van der Waals surface area contributed by atoms with Crippen LogP contribution in [0, 0.1) is 12.1 Å². The van der Waals surface area contributed by atoms with Gasteiger partial charge in [0.1, 0.15) is 6.21 Å². The fourth-order valence-corrected chi connectivity index (χ4v) is 1.36. The van der Waals surface area contributed by atoms with E-state index >= 15 is 0 Å². The highest BCUT2D eigenvalue weighted by Crippen LogP contribution is 2.09. The molecule has 0 saturated heterocycles. The second kappa shape index (κ2) is 5.49. The molecule has 0 unspecified atom stereocenters. The van der Waals surface area contributed by atoms with Gasteiger partial charge in [0.15, 0.2) is 0 Å². The molecular formula is C11H9ClN4O3. The summed E-state index contributed by atoms with van der Waals surface area (Å²) in [7, 11) is 0. The lowest BCUT2D eigenvalue weighted by Gasteiger charge is -1.98. The van der Waals surface area contributed by atoms with Crippen LogP contribution in [-0.4, -0.2) is 17.3 Å². The molecule has 7 nitrogen and oxygen atoms in total. The number of hydrogen-bond donors (Lipinski definition) is 1. The molecule has 0 aliphatic heterocycles. The van der Waals surface area contributed by atoms with Gasteiger partial charge < -0.3 is 5.21 Å². The number of carbonyl (C=O) groups is 1. The van der Waals surface area contributed by atoms with E-state index in [4.69, 9.17) is 11.6 Å². The molecule has 0 saturated carbocycles. The topological polar surface area (TPSA) is 94.4 Å². The van der Waals surface area contributed by atoms with Crippen molar-refractivity contribution in [1.82, 2.24) is 10.6 Å². The second-order valence-corrected chi connectivity index (χ2v) is 4.04. The van der Waals surface area contributed by atoms with Crippen LogP contribution in [0.15, 0.2) is 34.0 Å². The summed E-state index contributed by atoms with van der Waals surface area (Å²) in [6.45, 7) is 1.52. The van der Waals surface area contributed by atoms with Crippen LogP contribution in [0.2, 0.25) is 5.02 Å². The molecule has 1 heterocycles. The van der Waals surface area contributed by atoms with Crippen molar-refractivity contribution in [3.05, 3.63) is 51.4 Å². The van der Waals surface area contributed by atoms with Crippen LogP contribution < -0.4 is 10.3 Å². The lowest BCUT2D eigenvalue weighted by Crippen LogP contribution is -2.26. The number of rotatable bonds is 3. The smallest absolute Gasteiger partial charge is 0.271 e. The first-order valence-corrected chi connectivity index (χ1v) is 5.61. The van der Waals surface area contributed by atoms with Crippen molar-refractivity contribution in [1.29, 1.82) is 0 Å². The first-order valence-electron chi connectivity index (χ1n) is 5.23. The maximum absolute atomic E-state index is 11.7. The summed E-state index contributed by atoms with van der Waals surface area (Å²) in [6.07, 6.45) is 1.22. The fourth-order valence-electron chi connectivity index (χ4n) is 1.24. The molecule has 19 heavy (non-hydrogen) atoms. The predicted octanol–water partition coefficient (Wildman–Crippen LogP) is 1.03. The number of aromatic nitrogens is 2. The van der Waals surface area contributed by atoms with Crippen LogP contribution in [0.25, 0.3) is 0 Å². The molecule has 98 valence electrons. The highest BCUT2D eigenvalue weighted by Gasteiger charge is 2.11. The molecule has 0 bridgehead atoms. The Kier molecular flexibility index (Phi) is 3.76. The Bertz CT molecular complexity index is 621. The van der Waals surface area contributed by atoms with Crippen molar-refractivity contribution in [2.45, 2.75) is 6.92 Å². The first-order chi connectivity index (χ1) is 9.08. The van der Waals surface area contributed by atoms with Gasteiger partial charge in [-0.05, 0) is 29.2 Å². The zero-order valence-corrected chi connectivity index (χ0v) is 10.6. The second-order valence-electron chi connectivity index (χ2n) is 3.61. The Hall–Kier alpha value is -2.41. The third-order valence-corrected chi connectivity index (χ3v) is 2.57. The maximum atomic E-state index is 11.7. The molecule has 0 fully saturated rings. The molecular weight excluding hydrogens is 272 g/mol. The largest absolute Gasteiger partial charge is 0.359 e. The molecule has 1 N–H and O–H groups in total. The molecule has 1 amide bonds. The van der Waals surface area contributed by atoms with Crippen LogP contribution in [0.5, 0.6) is 0 Å². The van der Waals surface area contributed by atoms with Gasteiger partial charge in [0, 0.05) is 22.7 Å². The third-order valence-electron chi connectivity index (χ3n) is 2.32. The summed E-state index contributed by atoms with van der Waals surface area (Å²) in [5.74, 6) is -0.399. The number of nitrogens with zero attached hydrogens (tertiary/aromatic N) is 3. The average molecular weight is 281 g/mol. The molecule has 1 aromatic heterocycles. The van der Waals surface area contributed by atoms with E-state index in [1.807, 2.05) is 0 Å². The summed E-state index contributed by atoms with van der Waals surface area (Å²) in [5, 5.41) is 18.6. The van der Waals surface area contributed by atoms with Crippen LogP contribution in [0.1, 0.15) is 21.7 Å². The third kappa shape index (κ3) is 3.08. The Morgan fingerprint density at radius 1 is 1.53 bits per heavy atom. The molecule has 0 radical (unpaired) electrons. The Morgan fingerprint density at radius 3 is 2.79 bits per heavy atom. The average Bonchev–Trinajstić information content (AvgIpc) is 2.71. The maximum Gasteiger partial charge on any atom is 0.271 e. The van der Waals surface area contributed by atoms with E-state index in [0.29, 0.717) is 10.6 Å². The van der Waals surface area contributed by atoms with Gasteiger partial charge in [-0.3, -0.25) is 9.42 Å². The van der Waals surface area contributed by atoms with Crippen molar-refractivity contribution in [2.24, 2.45) is 5.10 Å². The van der Waals surface area contributed by atoms with Crippen LogP contribution >= 0.6 is 11.6 Å². The van der Waals surface area contributed by atoms with Crippen molar-refractivity contribution in [2.75, 3.05) is 0 Å². The Balaban J connectivity index is 2.00. The molecule has 1 aromatic carbocycles. The van der Waals surface area contributed by atoms with Crippen LogP contribution in [0.4, 0.5) is 0 Å². The monoisotopic (exact) mass is 280 g/mol. The lowest BCUT2D eigenvalue weighted by atomic mass is 10.2. The fraction of sp³-hybridized carbons (Fsp3) is 0.0909. The van der Waals surface area contributed by atoms with Gasteiger partial charge in [0.05, 0.1) is 0 Å². The standard InChI is InChI=1S/C11H9ClN4O3/c1-7-10(15-19-16(7)18)6-13-14-11(17)8-2-4-9(12)5-3-8/h2-6H,1H3,(H,14,17)/b13-6+. The zero-order chi connectivity index (χ0) is 13.8. The van der Waals surface area contributed by atoms with E-state index in [-0.39, 0.29) is 16.3 Å². The number of hydrogen-bond acceptors (Lipinski definition) is 5. The van der Waals surface area contributed by atoms with Gasteiger partial charge in [0.25, 0.3) is 11.6 Å². The van der Waals surface area contributed by atoms with Crippen molar-refractivity contribution in [3.63, 3.8) is 0 Å². The SMILES string of the molecule is Cc1c(/C=N/NC(=O)c2ccc(Cl)cc2)no[n+]1[O-]. The molecule has 2 rings (SSSR count). The van der Waals surface area contributed by atoms with Crippen molar-refractivity contribution in [3.8, 4) is 0 Å². The van der Waals surface area contributed by atoms with E-state index in [0.717, 1.165) is 0 Å². The minimum absolute atomic E-state index is 0.242. The molecule has 0 aliphatic carbocycles. The molecule has 8 heteroatoms. The molecule has 0 atom stereocenters. The highest BCUT2D eigenvalue weighted by molar-refractivity contribution is 6.30. The van der Waals surface area contributed by atoms with Gasteiger partial charge >= 0.3 is 0 Å². The number of benzene rings is 1. The van der Waals surface area contributed by atoms with Gasteiger partial charge in [-0.25, -0.2) is 5.43 Å². The van der Waals surface area contributed by atoms with Gasteiger partial charge in [-0.15, -0.1) is 0 Å². The van der Waals surface area contributed by atoms with E-state index in [1.54, 1.807) is 24.3 Å². The van der Waals surface area contributed by atoms with E-state index in [9.17, 15) is 10.0 Å². The van der Waals surface area contributed by atoms with Crippen molar-refractivity contribution < 1.29 is 14.3 Å². The van der Waals surface area contributed by atoms with Crippen molar-refractivity contribution >= 4 is 23.7 Å². The summed E-state index contributed by atoms with van der Waals surface area (Å²) in [6, 6.07) is 6.34. The number of halogens is 1. The minimum Gasteiger partial charge on any atom is -0.359 e. The molecule has 2 aromatic rings. The zero-order valence-electron chi connectivity index (χ0n) is 9.83. The molecule has 0 aliphatic rings. The van der Waals surface area contributed by atoms with E-state index in [1.165, 1.54) is 13.1 Å². The minimum atomic E-state index is -0.399. The van der Waals surface area contributed by atoms with Gasteiger partial charge in [0.2, 0.25) is 5.69 Å². The summed E-state index contributed by atoms with van der Waals surface area (Å²) in [4.78, 5) is 11.9. The Morgan fingerprint density at radius 2 is 2.21 bits per heavy atom. The predicted molar refractivity (Wildman–Crippen MR) is 66.7 cm³/mol. The lowest BCUT2D eigenvalue weighted by molar-refractivity contribution is -0.806. The van der Waals surface area contributed by atoms with Crippen LogP contribution in [-0.2, 0) is 0 Å². The number of carbonyl (C=O) groups excluding carboxylic acids is 1. The van der Waals surface area contributed by atoms with Gasteiger partial charge in [-0.2, -0.15) is 5.10 Å². The Labute approximate surface area is 113 Å². The number of hydrazone groups is 1. The number of amides is 1. The normalized spacial score (nSPS) is 10.8. The van der Waals surface area contributed by atoms with E-state index < -0.39 is 5.91 Å². The first kappa shape index (κ1) is 13.0. The molecule has 0 spiro atoms. The summed E-state index contributed by atoms with van der Waals surface area (Å²) in [5.41, 5.74) is 3.21. The quantitative estimate of drug-likeness (QED) is 0.516. The van der Waals surface area contributed by atoms with E-state index in [2.05, 4.69) is 20.3 Å². The summed E-state index contributed by atoms with van der Waals surface area (Å²) < 4.78 is 4.34. The number of nitrogens with one attached hydrogen (secondary N) is 1. The summed E-state index contributed by atoms with van der Waals surface area (Å²) >= 11 is 5.71.